The van der Waals surface area contributed by atoms with Gasteiger partial charge in [-0.05, 0) is 66.4 Å². The molecular weight excluding hydrogens is 1660 g/mol. The number of alkyl halides is 6. The topological polar surface area (TPSA) is 554 Å². The van der Waals surface area contributed by atoms with Crippen LogP contribution in [-0.2, 0) is 34.2 Å². The smallest absolute Gasteiger partial charge is 0.294 e. The van der Waals surface area contributed by atoms with Crippen LogP contribution in [-0.4, -0.2) is 278 Å². The molecule has 0 amide bonds. The van der Waals surface area contributed by atoms with Crippen molar-refractivity contribution in [3.05, 3.63) is 117 Å². The lowest BCUT2D eigenvalue weighted by Crippen LogP contribution is -2.37. The van der Waals surface area contributed by atoms with Gasteiger partial charge in [0.15, 0.2) is 70.4 Å². The molecule has 49 heteroatoms. The molecule has 12 aromatic rings. The molecule has 0 saturated carbocycles. The average Bonchev–Trinajstić information content (AvgIpc) is 1.58. The lowest BCUT2D eigenvalue weighted by atomic mass is 9.95. The van der Waals surface area contributed by atoms with E-state index in [0.29, 0.717) is 85.9 Å². The Labute approximate surface area is 698 Å². The van der Waals surface area contributed by atoms with Crippen molar-refractivity contribution in [3.8, 4) is 0 Å². The molecule has 6 fully saturated rings. The number of fused-ring (bicyclic) bond motifs is 6. The molecule has 0 radical (unpaired) electrons. The molecule has 0 spiro atoms. The summed E-state index contributed by atoms with van der Waals surface area (Å²) in [6, 6.07) is 0. The van der Waals surface area contributed by atoms with E-state index in [0.717, 1.165) is 17.9 Å². The van der Waals surface area contributed by atoms with E-state index < -0.39 is 141 Å². The van der Waals surface area contributed by atoms with E-state index in [9.17, 15) is 51.6 Å². The van der Waals surface area contributed by atoms with E-state index in [-0.39, 0.29) is 70.3 Å². The number of imidazole rings is 6. The van der Waals surface area contributed by atoms with E-state index in [1.165, 1.54) is 72.7 Å². The number of hydrogen-bond donors (Lipinski definition) is 11. The second kappa shape index (κ2) is 37.0. The number of halogens is 6. The van der Waals surface area contributed by atoms with Crippen LogP contribution >= 0.6 is 23.5 Å². The molecule has 0 unspecified atom stereocenters. The van der Waals surface area contributed by atoms with Crippen LogP contribution < -0.4 is 22.8 Å². The maximum atomic E-state index is 14.7. The van der Waals surface area contributed by atoms with Gasteiger partial charge in [-0.15, -0.1) is 23.5 Å². The molecule has 14 N–H and O–H groups in total. The number of aliphatic hydroxyl groups excluding tert-OH is 6. The maximum absolute atomic E-state index is 14.7. The molecule has 0 aliphatic carbocycles. The van der Waals surface area contributed by atoms with Crippen molar-refractivity contribution in [2.24, 2.45) is 17.8 Å². The maximum Gasteiger partial charge on any atom is 0.294 e. The van der Waals surface area contributed by atoms with Crippen molar-refractivity contribution in [2.75, 3.05) is 49.5 Å². The van der Waals surface area contributed by atoms with E-state index >= 15 is 0 Å². The monoisotopic (exact) mass is 1750 g/mol. The lowest BCUT2D eigenvalue weighted by molar-refractivity contribution is -0.227. The number of nitrogens with one attached hydrogen (secondary N) is 1. The molecule has 6 aliphatic heterocycles. The minimum atomic E-state index is -2.03. The Hall–Kier alpha value is -9.74. The Bertz CT molecular complexity index is 5630. The first-order valence-electron chi connectivity index (χ1n) is 39.0. The van der Waals surface area contributed by atoms with Crippen LogP contribution in [0.1, 0.15) is 155 Å². The molecule has 0 aromatic carbocycles. The number of aryl methyl sites for hydroxylation is 5. The predicted octanol–water partition coefficient (Wildman–Crippen LogP) is 3.74. The zero-order valence-corrected chi connectivity index (χ0v) is 69.8. The van der Waals surface area contributed by atoms with E-state index in [2.05, 4.69) is 90.4 Å². The fourth-order valence-electron chi connectivity index (χ4n) is 15.4. The van der Waals surface area contributed by atoms with Crippen molar-refractivity contribution in [1.29, 1.82) is 0 Å². The van der Waals surface area contributed by atoms with Crippen LogP contribution in [0.4, 0.5) is 43.8 Å². The second-order valence-corrected chi connectivity index (χ2v) is 31.4. The van der Waals surface area contributed by atoms with E-state index in [1.807, 2.05) is 54.1 Å². The molecular formula is C73H95F6N27O14S2. The first-order valence-corrected chi connectivity index (χ1v) is 41.4. The van der Waals surface area contributed by atoms with E-state index in [4.69, 9.17) is 60.9 Å². The molecule has 6 aliphatic rings. The zero-order valence-electron chi connectivity index (χ0n) is 68.2. The fourth-order valence-corrected chi connectivity index (χ4v) is 16.5. The van der Waals surface area contributed by atoms with Gasteiger partial charge in [0.05, 0.1) is 104 Å². The summed E-state index contributed by atoms with van der Waals surface area (Å²) in [6.07, 6.45) is -4.97. The van der Waals surface area contributed by atoms with Crippen LogP contribution in [0.15, 0.2) is 58.4 Å². The van der Waals surface area contributed by atoms with Gasteiger partial charge in [0.25, 0.3) is 5.56 Å². The standard InChI is InChI=1S/C14H19FN4O2S.C14H19FN4OS.C13H18FN5O.C11H14FN5O3.C11H13FN4O4.C10H12FN5O3/c1-5-9-7(2)11(15)14(20,21-9)10-6-16-12-13(22-4)17-8(3)18-19(10)12;1-5-10-7(2)11(15)12(20-10)9-6-16-13-14(21-4)17-8(3)18-19(9)13;1-4-9-6(2)10(14)11(20-9)8-5-16-13-12(15)17-7(3)18-19(8)13;1-4-15-10(13)11-14-2-5(17(11)16-4)9-7(12)8(19)6(3-18)20-9;1-4-14-11(19)10-13-2-5(16(10)15-4)9-7(12)8(18)6(3-17)20-9;11-6-7(18)5(2-17)19-8(6)4-1-13-10-9(12)14-3-15-16(4)10/h6-7,9,11,20H,5H2,1-4H3;6-7,10-12H,5H2,1-4H3;5-6,9-11H,4H2,1-3H3,(H2,15,17,18);2,6-9,18-19H,3H2,1H3,(H2,13,15,16);2,6-9,17-18H,3H2,1H3,(H,14,15,19);1,3,5-8,17-18H,2H2,(H2,12,14,15)/t7-,9-,11-,14+;7-,10-,11-,12+;6-,9-,10-,11+;2*6-,7-,8-,9+;5-,6-,7-,8+/m111111/s1. The molecule has 122 heavy (non-hydrogen) atoms. The number of aromatic nitrogens is 24. The number of hydrogen-bond acceptors (Lipinski definition) is 36. The number of nitrogens with two attached hydrogens (primary N) is 3. The summed E-state index contributed by atoms with van der Waals surface area (Å²) in [5.41, 5.74) is 21.2. The lowest BCUT2D eigenvalue weighted by Gasteiger charge is -2.24. The number of aromatic amines is 1. The number of anilines is 3. The molecule has 18 heterocycles. The highest BCUT2D eigenvalue weighted by Crippen LogP contribution is 2.47. The molecule has 660 valence electrons. The Morgan fingerprint density at radius 3 is 1.16 bits per heavy atom. The number of aliphatic hydroxyl groups is 7. The molecule has 6 saturated heterocycles. The third kappa shape index (κ3) is 16.9. The summed E-state index contributed by atoms with van der Waals surface area (Å²) >= 11 is 2.93. The zero-order chi connectivity index (χ0) is 88.1. The second-order valence-electron chi connectivity index (χ2n) is 29.9. The molecule has 0 bridgehead atoms. The van der Waals surface area contributed by atoms with Crippen LogP contribution in [0.25, 0.3) is 33.9 Å². The minimum absolute atomic E-state index is 0.0170. The van der Waals surface area contributed by atoms with Crippen LogP contribution in [0.5, 0.6) is 0 Å². The van der Waals surface area contributed by atoms with Crippen LogP contribution in [0, 0.1) is 52.4 Å². The Balaban J connectivity index is 0.000000126. The van der Waals surface area contributed by atoms with Crippen LogP contribution in [0.2, 0.25) is 0 Å². The quantitative estimate of drug-likeness (QED) is 0.0545. The van der Waals surface area contributed by atoms with Gasteiger partial charge >= 0.3 is 0 Å². The third-order valence-electron chi connectivity index (χ3n) is 21.9. The predicted molar refractivity (Wildman–Crippen MR) is 422 cm³/mol. The number of nitrogens with zero attached hydrogens (tertiary/aromatic N) is 23. The Morgan fingerprint density at radius 1 is 0.434 bits per heavy atom. The highest BCUT2D eigenvalue weighted by atomic mass is 32.2. The van der Waals surface area contributed by atoms with Gasteiger partial charge in [-0.3, -0.25) is 4.79 Å². The van der Waals surface area contributed by atoms with Crippen molar-refractivity contribution in [2.45, 2.75) is 234 Å². The summed E-state index contributed by atoms with van der Waals surface area (Å²) in [4.78, 5) is 59.3. The summed E-state index contributed by atoms with van der Waals surface area (Å²) < 4.78 is 128. The highest BCUT2D eigenvalue weighted by Gasteiger charge is 2.56. The number of nitrogen functional groups attached to an aromatic ring is 3. The van der Waals surface area contributed by atoms with Gasteiger partial charge < -0.3 is 86.4 Å². The third-order valence-corrected chi connectivity index (χ3v) is 23.2. The number of rotatable bonds is 14. The Morgan fingerprint density at radius 2 is 0.770 bits per heavy atom. The Kier molecular flexibility index (Phi) is 27.3. The van der Waals surface area contributed by atoms with Crippen molar-refractivity contribution in [1.82, 2.24) is 117 Å². The molecule has 24 atom stereocenters. The number of thioether (sulfide) groups is 2. The average molecular weight is 1750 g/mol. The first kappa shape index (κ1) is 90.0. The summed E-state index contributed by atoms with van der Waals surface area (Å²) in [5, 5.41) is 93.3. The summed E-state index contributed by atoms with van der Waals surface area (Å²) in [7, 11) is 0. The van der Waals surface area contributed by atoms with Gasteiger partial charge in [-0.25, -0.2) is 108 Å². The summed E-state index contributed by atoms with van der Waals surface area (Å²) in [6.45, 7) is 18.5. The van der Waals surface area contributed by atoms with Gasteiger partial charge in [-0.2, -0.15) is 30.6 Å². The SMILES string of the molecule is CC[C@H]1O[C@@H](c2cnc3c(N)nc(C)nn23)[C@H](F)[C@@H]1C.CC[C@H]1O[C@@H](c2cnc3c(SC)nc(C)nn23)[C@H](F)[C@@H]1C.CC[C@H]1O[C@@](O)(c2cnc3c(SC)nc(C)nn23)[C@H](F)[C@@H]1C.Cc1nc(N)c2ncc([C@@H]3O[C@H](CO)[C@@H](O)[C@H]3F)n2n1.Cc1nn2c([C@@H]3O[C@H](CO)[C@@H](O)[C@H]3F)cnc2c(=O)[nH]1.Nc1ncnn2c([C@@H]3O[C@H](CO)[C@@H](O)[C@H]3F)cnc12. The highest BCUT2D eigenvalue weighted by molar-refractivity contribution is 7.99. The largest absolute Gasteiger partial charge is 0.394 e. The van der Waals surface area contributed by atoms with E-state index in [1.54, 1.807) is 56.0 Å². The molecule has 12 aromatic heterocycles. The minimum Gasteiger partial charge on any atom is -0.394 e. The van der Waals surface area contributed by atoms with Crippen molar-refractivity contribution >= 4 is 74.9 Å². The first-order chi connectivity index (χ1) is 58.2. The van der Waals surface area contributed by atoms with Gasteiger partial charge in [-0.1, -0.05) is 41.5 Å². The number of H-pyrrole nitrogens is 1. The van der Waals surface area contributed by atoms with Crippen LogP contribution in [0.3, 0.4) is 0 Å². The normalized spacial score (nSPS) is 30.5. The summed E-state index contributed by atoms with van der Waals surface area (Å²) in [5.74, 6) is 0.359. The van der Waals surface area contributed by atoms with Gasteiger partial charge in [0.2, 0.25) is 11.4 Å². The van der Waals surface area contributed by atoms with Gasteiger partial charge in [0, 0.05) is 17.8 Å². The van der Waals surface area contributed by atoms with Gasteiger partial charge in [0.1, 0.15) is 131 Å². The van der Waals surface area contributed by atoms with Crippen molar-refractivity contribution < 1.29 is 90.5 Å². The molecule has 41 nitrogen and oxygen atoms in total. The molecule has 18 rings (SSSR count). The number of ether oxygens (including phenoxy) is 6. The fraction of sp³-hybridized carbons (Fsp3) is 0.589. The van der Waals surface area contributed by atoms with Crippen molar-refractivity contribution in [3.63, 3.8) is 0 Å².